The van der Waals surface area contributed by atoms with Gasteiger partial charge in [0.2, 0.25) is 17.8 Å². The van der Waals surface area contributed by atoms with E-state index in [4.69, 9.17) is 14.9 Å². The molecule has 0 saturated heterocycles. The standard InChI is InChI=1S/C22H27N7O4/c1-32-17-9-7-16(8-10-17)24-20(31)22(11-3-2-4-12-22)28(14-18-6-5-13-33-18)19(30)15-29-21(23)25-26-27-29/h5-10,13H,2-4,11-12,14-15H2,1H3,(H,24,31)(H2,23,25,27). The number of tetrazole rings is 1. The summed E-state index contributed by atoms with van der Waals surface area (Å²) in [5.74, 6) is 0.736. The van der Waals surface area contributed by atoms with Crippen molar-refractivity contribution in [1.29, 1.82) is 0 Å². The molecule has 11 heteroatoms. The first-order valence-corrected chi connectivity index (χ1v) is 10.8. The van der Waals surface area contributed by atoms with Crippen molar-refractivity contribution in [2.75, 3.05) is 18.2 Å². The lowest BCUT2D eigenvalue weighted by atomic mass is 9.79. The molecule has 1 aliphatic rings. The summed E-state index contributed by atoms with van der Waals surface area (Å²) < 4.78 is 11.9. The predicted molar refractivity (Wildman–Crippen MR) is 119 cm³/mol. The smallest absolute Gasteiger partial charge is 0.250 e. The number of carbonyl (C=O) groups excluding carboxylic acids is 2. The van der Waals surface area contributed by atoms with E-state index in [-0.39, 0.29) is 30.9 Å². The van der Waals surface area contributed by atoms with Crippen LogP contribution in [0.25, 0.3) is 0 Å². The Kier molecular flexibility index (Phi) is 6.57. The minimum Gasteiger partial charge on any atom is -0.497 e. The van der Waals surface area contributed by atoms with Crippen LogP contribution in [-0.4, -0.2) is 49.6 Å². The summed E-state index contributed by atoms with van der Waals surface area (Å²) in [5, 5.41) is 13.9. The van der Waals surface area contributed by atoms with Gasteiger partial charge >= 0.3 is 0 Å². The quantitative estimate of drug-likeness (QED) is 0.529. The van der Waals surface area contributed by atoms with Gasteiger partial charge < -0.3 is 25.1 Å². The number of carbonyl (C=O) groups is 2. The van der Waals surface area contributed by atoms with Crippen molar-refractivity contribution in [2.24, 2.45) is 0 Å². The second-order valence-corrected chi connectivity index (χ2v) is 8.03. The maximum atomic E-state index is 13.7. The lowest BCUT2D eigenvalue weighted by Gasteiger charge is -2.44. The Bertz CT molecular complexity index is 1070. The average Bonchev–Trinajstić information content (AvgIpc) is 3.50. The van der Waals surface area contributed by atoms with Crippen LogP contribution in [0.1, 0.15) is 37.9 Å². The van der Waals surface area contributed by atoms with Gasteiger partial charge in [0.25, 0.3) is 0 Å². The number of hydrogen-bond donors (Lipinski definition) is 2. The van der Waals surface area contributed by atoms with Crippen molar-refractivity contribution in [2.45, 2.75) is 50.7 Å². The fourth-order valence-electron chi connectivity index (χ4n) is 4.25. The van der Waals surface area contributed by atoms with E-state index >= 15 is 0 Å². The molecular weight excluding hydrogens is 426 g/mol. The van der Waals surface area contributed by atoms with Gasteiger partial charge in [0.1, 0.15) is 23.6 Å². The van der Waals surface area contributed by atoms with Gasteiger partial charge in [-0.05, 0) is 59.7 Å². The highest BCUT2D eigenvalue weighted by Gasteiger charge is 2.47. The number of hydrogen-bond acceptors (Lipinski definition) is 8. The number of aromatic nitrogens is 4. The molecular formula is C22H27N7O4. The van der Waals surface area contributed by atoms with E-state index in [9.17, 15) is 9.59 Å². The van der Waals surface area contributed by atoms with Crippen LogP contribution in [-0.2, 0) is 22.7 Å². The number of anilines is 2. The topological polar surface area (TPSA) is 141 Å². The Labute approximate surface area is 190 Å². The lowest BCUT2D eigenvalue weighted by Crippen LogP contribution is -2.60. The van der Waals surface area contributed by atoms with Crippen LogP contribution in [0, 0.1) is 0 Å². The van der Waals surface area contributed by atoms with Gasteiger partial charge in [-0.15, -0.1) is 0 Å². The van der Waals surface area contributed by atoms with E-state index < -0.39 is 5.54 Å². The third kappa shape index (κ3) is 4.81. The van der Waals surface area contributed by atoms with Crippen molar-refractivity contribution in [3.63, 3.8) is 0 Å². The monoisotopic (exact) mass is 453 g/mol. The minimum atomic E-state index is -1.05. The SMILES string of the molecule is COc1ccc(NC(=O)C2(N(Cc3ccco3)C(=O)Cn3nnnc3N)CCCCC2)cc1. The number of methoxy groups -OCH3 is 1. The van der Waals surface area contributed by atoms with Crippen molar-refractivity contribution >= 4 is 23.5 Å². The van der Waals surface area contributed by atoms with E-state index in [1.54, 1.807) is 54.7 Å². The van der Waals surface area contributed by atoms with Crippen LogP contribution < -0.4 is 15.8 Å². The molecule has 33 heavy (non-hydrogen) atoms. The lowest BCUT2D eigenvalue weighted by molar-refractivity contribution is -0.149. The highest BCUT2D eigenvalue weighted by atomic mass is 16.5. The Morgan fingerprint density at radius 2 is 1.97 bits per heavy atom. The van der Waals surface area contributed by atoms with E-state index in [1.807, 2.05) is 0 Å². The molecule has 3 aromatic rings. The van der Waals surface area contributed by atoms with Crippen LogP contribution in [0.3, 0.4) is 0 Å². The Morgan fingerprint density at radius 3 is 2.58 bits per heavy atom. The first-order chi connectivity index (χ1) is 16.0. The molecule has 11 nitrogen and oxygen atoms in total. The van der Waals surface area contributed by atoms with Gasteiger partial charge in [0.15, 0.2) is 0 Å². The van der Waals surface area contributed by atoms with Crippen LogP contribution >= 0.6 is 0 Å². The fourth-order valence-corrected chi connectivity index (χ4v) is 4.25. The number of ether oxygens (including phenoxy) is 1. The molecule has 2 aromatic heterocycles. The van der Waals surface area contributed by atoms with Gasteiger partial charge in [-0.2, -0.15) is 0 Å². The zero-order valence-electron chi connectivity index (χ0n) is 18.4. The zero-order chi connectivity index (χ0) is 23.3. The molecule has 4 rings (SSSR count). The third-order valence-corrected chi connectivity index (χ3v) is 6.01. The molecule has 0 unspecified atom stereocenters. The van der Waals surface area contributed by atoms with E-state index in [0.29, 0.717) is 30.0 Å². The zero-order valence-corrected chi connectivity index (χ0v) is 18.4. The van der Waals surface area contributed by atoms with Gasteiger partial charge in [0.05, 0.1) is 19.9 Å². The van der Waals surface area contributed by atoms with Gasteiger partial charge in [0, 0.05) is 5.69 Å². The van der Waals surface area contributed by atoms with E-state index in [1.165, 1.54) is 4.68 Å². The van der Waals surface area contributed by atoms with Crippen molar-refractivity contribution in [3.8, 4) is 5.75 Å². The molecule has 2 heterocycles. The number of rotatable bonds is 8. The molecule has 0 spiro atoms. The fraction of sp³-hybridized carbons (Fsp3) is 0.409. The highest BCUT2D eigenvalue weighted by molar-refractivity contribution is 6.00. The summed E-state index contributed by atoms with van der Waals surface area (Å²) in [5.41, 5.74) is 5.35. The molecule has 2 amide bonds. The normalized spacial score (nSPS) is 15.1. The predicted octanol–water partition coefficient (Wildman–Crippen LogP) is 2.23. The molecule has 0 atom stereocenters. The van der Waals surface area contributed by atoms with Crippen LogP contribution in [0.5, 0.6) is 5.75 Å². The number of furan rings is 1. The Morgan fingerprint density at radius 1 is 1.21 bits per heavy atom. The molecule has 1 saturated carbocycles. The summed E-state index contributed by atoms with van der Waals surface area (Å²) >= 11 is 0. The van der Waals surface area contributed by atoms with Crippen LogP contribution in [0.4, 0.5) is 11.6 Å². The molecule has 1 fully saturated rings. The number of nitrogens with two attached hydrogens (primary N) is 1. The van der Waals surface area contributed by atoms with Crippen molar-refractivity contribution in [1.82, 2.24) is 25.1 Å². The molecule has 0 radical (unpaired) electrons. The van der Waals surface area contributed by atoms with Gasteiger partial charge in [-0.25, -0.2) is 4.68 Å². The van der Waals surface area contributed by atoms with E-state index in [0.717, 1.165) is 19.3 Å². The summed E-state index contributed by atoms with van der Waals surface area (Å²) in [6.07, 6.45) is 5.26. The average molecular weight is 454 g/mol. The molecule has 174 valence electrons. The molecule has 0 aliphatic heterocycles. The summed E-state index contributed by atoms with van der Waals surface area (Å²) in [7, 11) is 1.58. The maximum Gasteiger partial charge on any atom is 0.250 e. The maximum absolute atomic E-state index is 13.7. The molecule has 1 aliphatic carbocycles. The Balaban J connectivity index is 1.66. The third-order valence-electron chi connectivity index (χ3n) is 6.01. The molecule has 0 bridgehead atoms. The van der Waals surface area contributed by atoms with Crippen molar-refractivity contribution < 1.29 is 18.7 Å². The number of benzene rings is 1. The summed E-state index contributed by atoms with van der Waals surface area (Å²) in [6, 6.07) is 10.6. The number of nitrogens with zero attached hydrogens (tertiary/aromatic N) is 5. The number of nitrogens with one attached hydrogen (secondary N) is 1. The second-order valence-electron chi connectivity index (χ2n) is 8.03. The van der Waals surface area contributed by atoms with Crippen molar-refractivity contribution in [3.05, 3.63) is 48.4 Å². The van der Waals surface area contributed by atoms with Crippen LogP contribution in [0.2, 0.25) is 0 Å². The Hall–Kier alpha value is -3.89. The largest absolute Gasteiger partial charge is 0.497 e. The number of nitrogen functional groups attached to an aromatic ring is 1. The second kappa shape index (κ2) is 9.72. The summed E-state index contributed by atoms with van der Waals surface area (Å²) in [6.45, 7) is -0.0407. The number of amides is 2. The highest BCUT2D eigenvalue weighted by Crippen LogP contribution is 2.36. The molecule has 3 N–H and O–H groups in total. The minimum absolute atomic E-state index is 0.0293. The van der Waals surface area contributed by atoms with Gasteiger partial charge in [-0.3, -0.25) is 9.59 Å². The van der Waals surface area contributed by atoms with Gasteiger partial charge in [-0.1, -0.05) is 24.4 Å². The first kappa shape index (κ1) is 22.3. The first-order valence-electron chi connectivity index (χ1n) is 10.8. The van der Waals surface area contributed by atoms with Crippen LogP contribution in [0.15, 0.2) is 47.1 Å². The molecule has 1 aromatic carbocycles. The van der Waals surface area contributed by atoms with E-state index in [2.05, 4.69) is 20.8 Å². The summed E-state index contributed by atoms with van der Waals surface area (Å²) in [4.78, 5) is 28.9.